The zero-order chi connectivity index (χ0) is 0. The molecule has 2 N–H and O–H groups in total. The van der Waals surface area contributed by atoms with Crippen molar-refractivity contribution in [3.63, 3.8) is 0 Å². The molecule has 0 aliphatic carbocycles. The molecule has 1 radical (unpaired) electrons. The molecule has 0 aromatic carbocycles. The van der Waals surface area contributed by atoms with E-state index in [0.29, 0.717) is 0 Å². The summed E-state index contributed by atoms with van der Waals surface area (Å²) in [7, 11) is 0. The summed E-state index contributed by atoms with van der Waals surface area (Å²) in [6, 6.07) is 0. The number of rotatable bonds is 0. The van der Waals surface area contributed by atoms with E-state index in [2.05, 4.69) is 0 Å². The average molecular weight is 171 g/mol. The molecular formula is H5MoNaOP. The third kappa shape index (κ3) is 8.95. The van der Waals surface area contributed by atoms with E-state index in [1.54, 1.807) is 0 Å². The Hall–Kier alpha value is 2.08. The molecular weight excluding hydrogens is 166 g/mol. The van der Waals surface area contributed by atoms with Gasteiger partial charge in [-0.25, -0.2) is 0 Å². The predicted molar refractivity (Wildman–Crippen MR) is 20.5 cm³/mol. The molecule has 1 nitrogen and oxygen atoms in total. The standard InChI is InChI=1S/Mo.Na.H2O.H3P/h;;1H2;1H3. The predicted octanol–water partition coefficient (Wildman–Crippen LogP) is -1.15. The zero-order valence-corrected chi connectivity index (χ0v) is 8.04. The molecule has 0 amide bonds. The molecule has 0 aromatic heterocycles. The summed E-state index contributed by atoms with van der Waals surface area (Å²) in [6.45, 7) is 0. The van der Waals surface area contributed by atoms with Gasteiger partial charge in [-0.3, -0.25) is 0 Å². The maximum absolute atomic E-state index is 0. The molecule has 0 heterocycles. The minimum Gasteiger partial charge on any atom is -0.412 e. The van der Waals surface area contributed by atoms with Crippen LogP contribution >= 0.6 is 9.90 Å². The van der Waals surface area contributed by atoms with Crippen LogP contribution in [0.3, 0.4) is 0 Å². The van der Waals surface area contributed by atoms with Crippen molar-refractivity contribution < 1.29 is 26.5 Å². The summed E-state index contributed by atoms with van der Waals surface area (Å²) in [4.78, 5) is 0. The Kier molecular flexibility index (Phi) is 177. The average Bonchev–Trinajstić information content (AvgIpc) is 0. The van der Waals surface area contributed by atoms with Crippen molar-refractivity contribution in [3.8, 4) is 0 Å². The fraction of sp³-hybridized carbons (Fsp3) is 0. The Morgan fingerprint density at radius 1 is 1.00 bits per heavy atom. The summed E-state index contributed by atoms with van der Waals surface area (Å²) >= 11 is 0. The van der Waals surface area contributed by atoms with Gasteiger partial charge in [-0.15, -0.1) is 0 Å². The van der Waals surface area contributed by atoms with Crippen LogP contribution in [0.5, 0.6) is 0 Å². The van der Waals surface area contributed by atoms with Crippen LogP contribution < -0.4 is 0 Å². The van der Waals surface area contributed by atoms with Crippen molar-refractivity contribution in [2.24, 2.45) is 0 Å². The minimum atomic E-state index is 0. The van der Waals surface area contributed by atoms with Crippen LogP contribution in [-0.2, 0) is 21.1 Å². The molecule has 0 fully saturated rings. The quantitative estimate of drug-likeness (QED) is 0.325. The van der Waals surface area contributed by atoms with Gasteiger partial charge in [-0.1, -0.05) is 0 Å². The first-order chi connectivity index (χ1) is 0. The number of hydrogen-bond acceptors (Lipinski definition) is 0. The van der Waals surface area contributed by atoms with Gasteiger partial charge in [0, 0.05) is 50.6 Å². The normalized spacial score (nSPS) is 0. The van der Waals surface area contributed by atoms with Crippen molar-refractivity contribution in [2.45, 2.75) is 0 Å². The minimum absolute atomic E-state index is 0. The van der Waals surface area contributed by atoms with Gasteiger partial charge in [0.05, 0.1) is 0 Å². The molecule has 23 valence electrons. The van der Waals surface area contributed by atoms with Crippen LogP contribution in [0.1, 0.15) is 0 Å². The van der Waals surface area contributed by atoms with Crippen molar-refractivity contribution in [2.75, 3.05) is 0 Å². The molecule has 0 aliphatic heterocycles. The Balaban J connectivity index is 0. The van der Waals surface area contributed by atoms with E-state index in [0.717, 1.165) is 0 Å². The first kappa shape index (κ1) is 36.3. The van der Waals surface area contributed by atoms with Crippen LogP contribution in [-0.4, -0.2) is 35.0 Å². The summed E-state index contributed by atoms with van der Waals surface area (Å²) < 4.78 is 0. The van der Waals surface area contributed by atoms with Crippen LogP contribution in [0.25, 0.3) is 0 Å². The van der Waals surface area contributed by atoms with E-state index in [-0.39, 0.29) is 66.0 Å². The largest absolute Gasteiger partial charge is 0.412 e. The van der Waals surface area contributed by atoms with Crippen molar-refractivity contribution in [1.29, 1.82) is 0 Å². The van der Waals surface area contributed by atoms with Gasteiger partial charge < -0.3 is 5.48 Å². The topological polar surface area (TPSA) is 31.5 Å². The molecule has 0 saturated carbocycles. The fourth-order valence-corrected chi connectivity index (χ4v) is 0. The van der Waals surface area contributed by atoms with Gasteiger partial charge in [0.25, 0.3) is 0 Å². The SMILES string of the molecule is O.P.[Mo].[Na]. The summed E-state index contributed by atoms with van der Waals surface area (Å²) in [5, 5.41) is 0. The fourth-order valence-electron chi connectivity index (χ4n) is 0. The van der Waals surface area contributed by atoms with E-state index in [1.165, 1.54) is 0 Å². The molecule has 0 saturated heterocycles. The summed E-state index contributed by atoms with van der Waals surface area (Å²) in [5.74, 6) is 0. The summed E-state index contributed by atoms with van der Waals surface area (Å²) in [6.07, 6.45) is 0. The van der Waals surface area contributed by atoms with Crippen molar-refractivity contribution in [1.82, 2.24) is 0 Å². The first-order valence-corrected chi connectivity index (χ1v) is 0. The molecule has 4 heavy (non-hydrogen) atoms. The Labute approximate surface area is 65.4 Å². The van der Waals surface area contributed by atoms with E-state index in [9.17, 15) is 0 Å². The van der Waals surface area contributed by atoms with Crippen LogP contribution in [0, 0.1) is 0 Å². The maximum Gasteiger partial charge on any atom is 0 e. The van der Waals surface area contributed by atoms with E-state index < -0.39 is 0 Å². The van der Waals surface area contributed by atoms with Crippen LogP contribution in [0.4, 0.5) is 0 Å². The molecule has 0 rings (SSSR count). The van der Waals surface area contributed by atoms with Gasteiger partial charge >= 0.3 is 0 Å². The molecule has 0 aromatic rings. The monoisotopic (exact) mass is 173 g/mol. The van der Waals surface area contributed by atoms with Gasteiger partial charge in [0.2, 0.25) is 0 Å². The van der Waals surface area contributed by atoms with Crippen LogP contribution in [0.15, 0.2) is 0 Å². The number of hydrogen-bond donors (Lipinski definition) is 0. The van der Waals surface area contributed by atoms with Gasteiger partial charge in [-0.2, -0.15) is 9.90 Å². The van der Waals surface area contributed by atoms with E-state index in [1.807, 2.05) is 0 Å². The second-order valence-corrected chi connectivity index (χ2v) is 0. The first-order valence-electron chi connectivity index (χ1n) is 0. The van der Waals surface area contributed by atoms with Gasteiger partial charge in [0.15, 0.2) is 0 Å². The molecule has 0 spiro atoms. The van der Waals surface area contributed by atoms with E-state index >= 15 is 0 Å². The molecule has 4 heteroatoms. The Morgan fingerprint density at radius 2 is 1.00 bits per heavy atom. The second-order valence-electron chi connectivity index (χ2n) is 0. The third-order valence-corrected chi connectivity index (χ3v) is 0. The van der Waals surface area contributed by atoms with Gasteiger partial charge in [-0.05, 0) is 0 Å². The summed E-state index contributed by atoms with van der Waals surface area (Å²) in [5.41, 5.74) is 0. The zero-order valence-electron chi connectivity index (χ0n) is 2.62. The van der Waals surface area contributed by atoms with Crippen molar-refractivity contribution >= 4 is 39.5 Å². The Morgan fingerprint density at radius 3 is 1.00 bits per heavy atom. The molecule has 0 bridgehead atoms. The Bertz CT molecular complexity index is 8.00. The molecule has 0 aliphatic rings. The van der Waals surface area contributed by atoms with Crippen LogP contribution in [0.2, 0.25) is 0 Å². The smallest absolute Gasteiger partial charge is 0 e. The molecule has 1 atom stereocenters. The van der Waals surface area contributed by atoms with Gasteiger partial charge in [0.1, 0.15) is 0 Å². The second kappa shape index (κ2) is 19.6. The molecule has 1 unspecified atom stereocenters. The maximum atomic E-state index is 0. The van der Waals surface area contributed by atoms with Crippen molar-refractivity contribution in [3.05, 3.63) is 0 Å². The third-order valence-electron chi connectivity index (χ3n) is 0. The van der Waals surface area contributed by atoms with E-state index in [4.69, 9.17) is 0 Å².